The van der Waals surface area contributed by atoms with Gasteiger partial charge in [-0.1, -0.05) is 11.6 Å². The van der Waals surface area contributed by atoms with Crippen molar-refractivity contribution in [2.75, 3.05) is 33.2 Å². The van der Waals surface area contributed by atoms with Crippen molar-refractivity contribution in [3.05, 3.63) is 51.9 Å². The molecule has 1 fully saturated rings. The highest BCUT2D eigenvalue weighted by atomic mass is 35.5. The second-order valence-electron chi connectivity index (χ2n) is 7.01. The van der Waals surface area contributed by atoms with E-state index in [1.807, 2.05) is 18.2 Å². The molecule has 0 saturated carbocycles. The molecule has 0 atom stereocenters. The van der Waals surface area contributed by atoms with E-state index in [0.29, 0.717) is 17.2 Å². The van der Waals surface area contributed by atoms with Gasteiger partial charge in [-0.2, -0.15) is 0 Å². The van der Waals surface area contributed by atoms with Crippen molar-refractivity contribution in [2.45, 2.75) is 6.92 Å². The largest absolute Gasteiger partial charge is 0.478 e. The third-order valence-corrected chi connectivity index (χ3v) is 5.75. The average molecular weight is 464 g/mol. The van der Waals surface area contributed by atoms with E-state index in [-0.39, 0.29) is 0 Å². The summed E-state index contributed by atoms with van der Waals surface area (Å²) in [5, 5.41) is 17.2. The molecule has 164 valence electrons. The van der Waals surface area contributed by atoms with Crippen molar-refractivity contribution in [1.82, 2.24) is 9.80 Å². The summed E-state index contributed by atoms with van der Waals surface area (Å²) in [6.07, 6.45) is 1.12. The summed E-state index contributed by atoms with van der Waals surface area (Å²) >= 11 is 7.82. The number of carbonyl (C=O) groups is 2. The number of aryl methyl sites for hydroxylation is 1. The van der Waals surface area contributed by atoms with Gasteiger partial charge in [-0.15, -0.1) is 11.3 Å². The summed E-state index contributed by atoms with van der Waals surface area (Å²) in [6.45, 7) is 6.13. The van der Waals surface area contributed by atoms with E-state index < -0.39 is 11.9 Å². The molecule has 1 aromatic heterocycles. The van der Waals surface area contributed by atoms with Gasteiger partial charge in [-0.3, -0.25) is 0 Å². The van der Waals surface area contributed by atoms with Gasteiger partial charge in [0.1, 0.15) is 11.5 Å². The maximum atomic E-state index is 9.55. The normalized spacial score (nSPS) is 15.7. The molecule has 31 heavy (non-hydrogen) atoms. The monoisotopic (exact) mass is 463 g/mol. The zero-order valence-corrected chi connectivity index (χ0v) is 18.6. The van der Waals surface area contributed by atoms with Crippen LogP contribution in [0.25, 0.3) is 0 Å². The predicted molar refractivity (Wildman–Crippen MR) is 120 cm³/mol. The van der Waals surface area contributed by atoms with Gasteiger partial charge in [0.25, 0.3) is 0 Å². The first kappa shape index (κ1) is 22.8. The Morgan fingerprint density at radius 3 is 2.39 bits per heavy atom. The molecule has 0 spiro atoms. The highest BCUT2D eigenvalue weighted by Crippen LogP contribution is 2.43. The predicted octanol–water partition coefficient (Wildman–Crippen LogP) is 3.85. The Labute approximate surface area is 188 Å². The van der Waals surface area contributed by atoms with Gasteiger partial charge >= 0.3 is 11.9 Å². The van der Waals surface area contributed by atoms with Crippen LogP contribution in [-0.2, 0) is 9.59 Å². The van der Waals surface area contributed by atoms with E-state index in [4.69, 9.17) is 31.5 Å². The van der Waals surface area contributed by atoms with Gasteiger partial charge in [-0.25, -0.2) is 14.6 Å². The molecule has 2 aromatic rings. The van der Waals surface area contributed by atoms with E-state index in [2.05, 4.69) is 29.8 Å². The van der Waals surface area contributed by atoms with Crippen molar-refractivity contribution >= 4 is 46.4 Å². The molecule has 1 saturated heterocycles. The maximum absolute atomic E-state index is 9.55. The number of rotatable bonds is 2. The third kappa shape index (κ3) is 6.06. The molecule has 2 N–H and O–H groups in total. The summed E-state index contributed by atoms with van der Waals surface area (Å²) in [5.41, 5.74) is 1.89. The maximum Gasteiger partial charge on any atom is 0.328 e. The molecule has 0 bridgehead atoms. The van der Waals surface area contributed by atoms with E-state index >= 15 is 0 Å². The fourth-order valence-electron chi connectivity index (χ4n) is 3.06. The molecule has 3 heterocycles. The van der Waals surface area contributed by atoms with Gasteiger partial charge in [0.2, 0.25) is 0 Å². The van der Waals surface area contributed by atoms with Crippen LogP contribution in [0.5, 0.6) is 10.8 Å². The molecule has 1 aromatic carbocycles. The Hall–Kier alpha value is -2.88. The van der Waals surface area contributed by atoms with Crippen molar-refractivity contribution in [3.63, 3.8) is 0 Å². The van der Waals surface area contributed by atoms with E-state index in [0.717, 1.165) is 54.1 Å². The molecule has 0 radical (unpaired) electrons. The second kappa shape index (κ2) is 9.95. The molecule has 8 nitrogen and oxygen atoms in total. The zero-order valence-electron chi connectivity index (χ0n) is 17.0. The molecule has 2 aliphatic rings. The topological polar surface area (TPSA) is 103 Å². The number of nitrogens with zero attached hydrogens (tertiary/aromatic N) is 3. The molecule has 4 rings (SSSR count). The van der Waals surface area contributed by atoms with Gasteiger partial charge < -0.3 is 24.7 Å². The Morgan fingerprint density at radius 2 is 1.77 bits per heavy atom. The fourth-order valence-corrected chi connectivity index (χ4v) is 4.09. The molecule has 0 amide bonds. The molecule has 2 aliphatic heterocycles. The summed E-state index contributed by atoms with van der Waals surface area (Å²) in [7, 11) is 2.16. The summed E-state index contributed by atoms with van der Waals surface area (Å²) in [4.78, 5) is 30.0. The summed E-state index contributed by atoms with van der Waals surface area (Å²) < 4.78 is 6.13. The van der Waals surface area contributed by atoms with Gasteiger partial charge in [0.15, 0.2) is 10.8 Å². The lowest BCUT2D eigenvalue weighted by molar-refractivity contribution is -0.134. The lowest BCUT2D eigenvalue weighted by atomic mass is 10.2. The Kier molecular flexibility index (Phi) is 7.32. The quantitative estimate of drug-likeness (QED) is 0.652. The van der Waals surface area contributed by atoms with E-state index in [9.17, 15) is 9.59 Å². The fraction of sp³-hybridized carbons (Fsp3) is 0.286. The van der Waals surface area contributed by atoms with Crippen molar-refractivity contribution in [3.8, 4) is 10.8 Å². The smallest absolute Gasteiger partial charge is 0.328 e. The Morgan fingerprint density at radius 1 is 1.13 bits per heavy atom. The van der Waals surface area contributed by atoms with Gasteiger partial charge in [0.05, 0.1) is 5.56 Å². The number of carboxylic acid groups (broad SMARTS) is 2. The second-order valence-corrected chi connectivity index (χ2v) is 8.66. The number of aliphatic imine (C=N–C) groups is 1. The van der Waals surface area contributed by atoms with Crippen LogP contribution in [0.3, 0.4) is 0 Å². The number of likely N-dealkylation sites (N-methyl/N-ethyl adjacent to an activating group) is 1. The van der Waals surface area contributed by atoms with Crippen LogP contribution in [-0.4, -0.2) is 71.0 Å². The number of amidine groups is 1. The first-order valence-corrected chi connectivity index (χ1v) is 10.7. The zero-order chi connectivity index (χ0) is 22.5. The lowest BCUT2D eigenvalue weighted by Gasteiger charge is -2.34. The van der Waals surface area contributed by atoms with Crippen LogP contribution in [0.1, 0.15) is 10.4 Å². The van der Waals surface area contributed by atoms with Crippen molar-refractivity contribution in [2.24, 2.45) is 4.99 Å². The number of hydrogen-bond acceptors (Lipinski definition) is 7. The number of thiophene rings is 1. The SMILES string of the molecule is Cc1cc2c(s1)Oc1ccc(Cl)cc1N=C2N1CCN(C)CC1.O=C(O)C=CC(=O)O. The van der Waals surface area contributed by atoms with Crippen molar-refractivity contribution in [1.29, 1.82) is 0 Å². The van der Waals surface area contributed by atoms with Crippen LogP contribution in [0.2, 0.25) is 5.02 Å². The number of fused-ring (bicyclic) bond motifs is 2. The average Bonchev–Trinajstić information content (AvgIpc) is 3.00. The van der Waals surface area contributed by atoms with Crippen LogP contribution in [0.15, 0.2) is 41.4 Å². The Bertz CT molecular complexity index is 1030. The number of benzene rings is 1. The number of halogens is 1. The number of carboxylic acids is 2. The number of aliphatic carboxylic acids is 2. The Balaban J connectivity index is 0.000000293. The molecule has 10 heteroatoms. The standard InChI is InChI=1S/C17H18ClN3OS.C4H4O4/c1-11-9-13-16(21-7-5-20(2)6-8-21)19-14-10-12(18)3-4-15(14)22-17(13)23-11;5-3(6)1-2-4(7)8/h3-4,9-10H,5-8H2,1-2H3;1-2H,(H,5,6)(H,7,8). The molecular formula is C21H22ClN3O5S. The number of ether oxygens (including phenoxy) is 1. The number of piperazine rings is 1. The summed E-state index contributed by atoms with van der Waals surface area (Å²) in [6, 6.07) is 7.78. The van der Waals surface area contributed by atoms with Gasteiger partial charge in [0, 0.05) is 48.2 Å². The van der Waals surface area contributed by atoms with Crippen molar-refractivity contribution < 1.29 is 24.5 Å². The summed E-state index contributed by atoms with van der Waals surface area (Å²) in [5.74, 6) is -0.750. The minimum absolute atomic E-state index is 0.558. The first-order chi connectivity index (χ1) is 14.7. The highest BCUT2D eigenvalue weighted by Gasteiger charge is 2.26. The third-order valence-electron chi connectivity index (χ3n) is 4.58. The molecule has 0 aliphatic carbocycles. The van der Waals surface area contributed by atoms with Crippen LogP contribution in [0.4, 0.5) is 5.69 Å². The van der Waals surface area contributed by atoms with E-state index in [1.54, 1.807) is 11.3 Å². The van der Waals surface area contributed by atoms with Crippen LogP contribution in [0, 0.1) is 6.92 Å². The first-order valence-electron chi connectivity index (χ1n) is 9.47. The van der Waals surface area contributed by atoms with Crippen LogP contribution >= 0.6 is 22.9 Å². The minimum atomic E-state index is -1.26. The van der Waals surface area contributed by atoms with E-state index in [1.165, 1.54) is 4.88 Å². The molecule has 0 unspecified atom stereocenters. The van der Waals surface area contributed by atoms with Gasteiger partial charge in [-0.05, 0) is 38.2 Å². The minimum Gasteiger partial charge on any atom is -0.478 e. The van der Waals surface area contributed by atoms with Crippen LogP contribution < -0.4 is 4.74 Å². The lowest BCUT2D eigenvalue weighted by Crippen LogP contribution is -2.47. The molecular weight excluding hydrogens is 442 g/mol. The highest BCUT2D eigenvalue weighted by molar-refractivity contribution is 7.14. The number of hydrogen-bond donors (Lipinski definition) is 2.